The number of carbonyl (C=O) groups is 1. The molecule has 0 aromatic carbocycles. The molecule has 0 bridgehead atoms. The Kier molecular flexibility index (Phi) is 6.80. The number of methoxy groups -OCH3 is 3. The monoisotopic (exact) mass is 302 g/mol. The molecule has 0 aromatic rings. The number of hydrogen-bond donors (Lipinski definition) is 0. The highest BCUT2D eigenvalue weighted by molar-refractivity contribution is 5.86. The van der Waals surface area contributed by atoms with Crippen molar-refractivity contribution < 1.29 is 28.5 Å². The molecule has 0 aromatic heterocycles. The van der Waals surface area contributed by atoms with Crippen LogP contribution in [0.25, 0.3) is 0 Å². The molecule has 1 aliphatic heterocycles. The van der Waals surface area contributed by atoms with Crippen molar-refractivity contribution in [2.24, 2.45) is 0 Å². The molecule has 6 heteroatoms. The largest absolute Gasteiger partial charge is 0.462 e. The highest BCUT2D eigenvalue weighted by Crippen LogP contribution is 2.42. The molecule has 6 nitrogen and oxygen atoms in total. The van der Waals surface area contributed by atoms with Gasteiger partial charge in [0.05, 0.1) is 13.2 Å². The second kappa shape index (κ2) is 7.89. The number of rotatable bonds is 8. The Labute approximate surface area is 126 Å². The first-order valence-electron chi connectivity index (χ1n) is 7.09. The van der Waals surface area contributed by atoms with E-state index in [0.29, 0.717) is 31.6 Å². The summed E-state index contributed by atoms with van der Waals surface area (Å²) < 4.78 is 27.4. The van der Waals surface area contributed by atoms with E-state index >= 15 is 0 Å². The van der Waals surface area contributed by atoms with E-state index in [2.05, 4.69) is 6.58 Å². The Morgan fingerprint density at radius 2 is 1.90 bits per heavy atom. The Morgan fingerprint density at radius 1 is 1.24 bits per heavy atom. The molecule has 122 valence electrons. The first-order chi connectivity index (χ1) is 9.97. The lowest BCUT2D eigenvalue weighted by Gasteiger charge is -2.49. The maximum atomic E-state index is 11.4. The first kappa shape index (κ1) is 18.1. The molecule has 1 aliphatic rings. The van der Waals surface area contributed by atoms with Crippen LogP contribution in [-0.2, 0) is 28.5 Å². The van der Waals surface area contributed by atoms with Crippen LogP contribution in [0.4, 0.5) is 0 Å². The number of hydrogen-bond acceptors (Lipinski definition) is 6. The molecule has 1 atom stereocenters. The van der Waals surface area contributed by atoms with E-state index in [1.807, 2.05) is 0 Å². The minimum Gasteiger partial charge on any atom is -0.462 e. The van der Waals surface area contributed by atoms with Crippen LogP contribution in [0.1, 0.15) is 32.6 Å². The van der Waals surface area contributed by atoms with Crippen molar-refractivity contribution in [2.75, 3.05) is 34.5 Å². The van der Waals surface area contributed by atoms with Crippen LogP contribution in [0.2, 0.25) is 0 Å². The standard InChI is InChI=1S/C15H26O6/c1-12(2)13(16)20-10-6-8-14(17-3)9-7-11-21-15(14,18-4)19-5/h1,6-11H2,2-5H3. The highest BCUT2D eigenvalue weighted by atomic mass is 16.9. The van der Waals surface area contributed by atoms with Crippen LogP contribution in [-0.4, -0.2) is 52.1 Å². The fourth-order valence-electron chi connectivity index (χ4n) is 2.68. The SMILES string of the molecule is C=C(C)C(=O)OCCCC1(OC)CCCOC1(OC)OC. The third-order valence-corrected chi connectivity index (χ3v) is 3.81. The van der Waals surface area contributed by atoms with Gasteiger partial charge in [0.15, 0.2) is 0 Å². The predicted octanol–water partition coefficient (Wildman–Crippen LogP) is 2.03. The summed E-state index contributed by atoms with van der Waals surface area (Å²) in [7, 11) is 4.68. The average Bonchev–Trinajstić information content (AvgIpc) is 2.51. The molecule has 0 spiro atoms. The van der Waals surface area contributed by atoms with Gasteiger partial charge in [-0.3, -0.25) is 0 Å². The average molecular weight is 302 g/mol. The molecule has 1 unspecified atom stereocenters. The Bertz CT molecular complexity index is 363. The fourth-order valence-corrected chi connectivity index (χ4v) is 2.68. The van der Waals surface area contributed by atoms with Gasteiger partial charge in [-0.15, -0.1) is 0 Å². The third-order valence-electron chi connectivity index (χ3n) is 3.81. The van der Waals surface area contributed by atoms with Gasteiger partial charge in [0, 0.05) is 26.9 Å². The van der Waals surface area contributed by atoms with Gasteiger partial charge in [-0.2, -0.15) is 0 Å². The molecular weight excluding hydrogens is 276 g/mol. The van der Waals surface area contributed by atoms with Crippen molar-refractivity contribution in [2.45, 2.75) is 44.2 Å². The molecule has 1 rings (SSSR count). The summed E-state index contributed by atoms with van der Waals surface area (Å²) in [5.74, 6) is -1.61. The maximum absolute atomic E-state index is 11.4. The predicted molar refractivity (Wildman–Crippen MR) is 76.7 cm³/mol. The summed E-state index contributed by atoms with van der Waals surface area (Å²) in [6.07, 6.45) is 2.81. The summed E-state index contributed by atoms with van der Waals surface area (Å²) in [5.41, 5.74) is -0.328. The van der Waals surface area contributed by atoms with Gasteiger partial charge in [-0.25, -0.2) is 4.79 Å². The lowest BCUT2D eigenvalue weighted by Crippen LogP contribution is -2.62. The zero-order chi connectivity index (χ0) is 15.9. The van der Waals surface area contributed by atoms with Gasteiger partial charge >= 0.3 is 11.9 Å². The summed E-state index contributed by atoms with van der Waals surface area (Å²) in [5, 5.41) is 0. The van der Waals surface area contributed by atoms with Crippen molar-refractivity contribution in [3.05, 3.63) is 12.2 Å². The number of carbonyl (C=O) groups excluding carboxylic acids is 1. The van der Waals surface area contributed by atoms with E-state index in [1.165, 1.54) is 14.2 Å². The van der Waals surface area contributed by atoms with Crippen molar-refractivity contribution in [3.63, 3.8) is 0 Å². The normalized spacial score (nSPS) is 24.6. The van der Waals surface area contributed by atoms with Crippen LogP contribution in [0.5, 0.6) is 0 Å². The first-order valence-corrected chi connectivity index (χ1v) is 7.09. The Hall–Kier alpha value is -0.950. The second-order valence-corrected chi connectivity index (χ2v) is 5.13. The Balaban J connectivity index is 2.65. The molecule has 0 N–H and O–H groups in total. The van der Waals surface area contributed by atoms with Gasteiger partial charge in [-0.05, 0) is 32.6 Å². The molecule has 1 heterocycles. The highest BCUT2D eigenvalue weighted by Gasteiger charge is 2.56. The number of esters is 1. The second-order valence-electron chi connectivity index (χ2n) is 5.13. The van der Waals surface area contributed by atoms with Gasteiger partial charge < -0.3 is 23.7 Å². The molecule has 0 amide bonds. The van der Waals surface area contributed by atoms with Crippen molar-refractivity contribution in [1.82, 2.24) is 0 Å². The van der Waals surface area contributed by atoms with E-state index in [0.717, 1.165) is 12.8 Å². The molecule has 0 saturated carbocycles. The quantitative estimate of drug-likeness (QED) is 0.296. The summed E-state index contributed by atoms with van der Waals surface area (Å²) in [6, 6.07) is 0. The fraction of sp³-hybridized carbons (Fsp3) is 0.800. The van der Waals surface area contributed by atoms with E-state index in [9.17, 15) is 4.79 Å². The van der Waals surface area contributed by atoms with Crippen LogP contribution in [0.15, 0.2) is 12.2 Å². The van der Waals surface area contributed by atoms with E-state index < -0.39 is 11.6 Å². The lowest BCUT2D eigenvalue weighted by atomic mass is 9.87. The molecule has 0 aliphatic carbocycles. The van der Waals surface area contributed by atoms with Crippen molar-refractivity contribution in [1.29, 1.82) is 0 Å². The van der Waals surface area contributed by atoms with Crippen molar-refractivity contribution in [3.8, 4) is 0 Å². The summed E-state index contributed by atoms with van der Waals surface area (Å²) >= 11 is 0. The van der Waals surface area contributed by atoms with E-state index in [1.54, 1.807) is 14.0 Å². The van der Waals surface area contributed by atoms with Gasteiger partial charge in [-0.1, -0.05) is 6.58 Å². The van der Waals surface area contributed by atoms with Crippen LogP contribution < -0.4 is 0 Å². The minimum atomic E-state index is -1.22. The van der Waals surface area contributed by atoms with Crippen LogP contribution >= 0.6 is 0 Å². The molecule has 0 radical (unpaired) electrons. The van der Waals surface area contributed by atoms with Crippen LogP contribution in [0.3, 0.4) is 0 Å². The topological polar surface area (TPSA) is 63.2 Å². The lowest BCUT2D eigenvalue weighted by molar-refractivity contribution is -0.445. The van der Waals surface area contributed by atoms with Gasteiger partial charge in [0.1, 0.15) is 5.60 Å². The van der Waals surface area contributed by atoms with Gasteiger partial charge in [0.2, 0.25) is 0 Å². The third kappa shape index (κ3) is 3.83. The van der Waals surface area contributed by atoms with Crippen molar-refractivity contribution >= 4 is 5.97 Å². The molecule has 21 heavy (non-hydrogen) atoms. The Morgan fingerprint density at radius 3 is 2.43 bits per heavy atom. The van der Waals surface area contributed by atoms with Gasteiger partial charge in [0.25, 0.3) is 0 Å². The molecule has 1 saturated heterocycles. The zero-order valence-electron chi connectivity index (χ0n) is 13.4. The molecule has 1 fully saturated rings. The summed E-state index contributed by atoms with van der Waals surface area (Å²) in [6.45, 7) is 6.01. The van der Waals surface area contributed by atoms with E-state index in [4.69, 9.17) is 23.7 Å². The smallest absolute Gasteiger partial charge is 0.333 e. The zero-order valence-corrected chi connectivity index (χ0v) is 13.4. The minimum absolute atomic E-state index is 0.292. The number of ether oxygens (including phenoxy) is 5. The van der Waals surface area contributed by atoms with Crippen LogP contribution in [0, 0.1) is 0 Å². The van der Waals surface area contributed by atoms with E-state index in [-0.39, 0.29) is 5.97 Å². The summed E-state index contributed by atoms with van der Waals surface area (Å²) in [4.78, 5) is 11.4. The maximum Gasteiger partial charge on any atom is 0.333 e. The molecular formula is C15H26O6.